The average molecular weight is 394 g/mol. The zero-order valence-corrected chi connectivity index (χ0v) is 15.9. The summed E-state index contributed by atoms with van der Waals surface area (Å²) in [4.78, 5) is 2.30. The van der Waals surface area contributed by atoms with Crippen LogP contribution >= 0.6 is 11.3 Å². The zero-order chi connectivity index (χ0) is 18.9. The maximum absolute atomic E-state index is 13.1. The Kier molecular flexibility index (Phi) is 4.40. The molecule has 1 saturated heterocycles. The molecule has 1 fully saturated rings. The molecule has 3 aromatic heterocycles. The van der Waals surface area contributed by atoms with Crippen molar-refractivity contribution >= 4 is 28.5 Å². The second kappa shape index (κ2) is 7.20. The third-order valence-corrected chi connectivity index (χ3v) is 5.77. The van der Waals surface area contributed by atoms with Gasteiger partial charge in [0.2, 0.25) is 0 Å². The quantitative estimate of drug-likeness (QED) is 0.556. The predicted octanol–water partition coefficient (Wildman–Crippen LogP) is 3.93. The van der Waals surface area contributed by atoms with Crippen molar-refractivity contribution in [2.24, 2.45) is 5.92 Å². The van der Waals surface area contributed by atoms with E-state index in [0.29, 0.717) is 5.92 Å². The molecule has 0 radical (unpaired) electrons. The first-order chi connectivity index (χ1) is 13.8. The minimum absolute atomic E-state index is 0.196. The Hall–Kier alpha value is -3.00. The molecule has 1 N–H and O–H groups in total. The SMILES string of the molecule is Fc1ccc(N2CCC(CNc3ccc4nnc(-c5ccsc5)n4n3)C2)cc1. The van der Waals surface area contributed by atoms with Gasteiger partial charge in [0.05, 0.1) is 0 Å². The van der Waals surface area contributed by atoms with Gasteiger partial charge in [-0.2, -0.15) is 15.9 Å². The lowest BCUT2D eigenvalue weighted by Gasteiger charge is -2.19. The summed E-state index contributed by atoms with van der Waals surface area (Å²) in [6.45, 7) is 2.78. The predicted molar refractivity (Wildman–Crippen MR) is 109 cm³/mol. The highest BCUT2D eigenvalue weighted by atomic mass is 32.1. The van der Waals surface area contributed by atoms with Crippen LogP contribution in [0.5, 0.6) is 0 Å². The number of hydrogen-bond donors (Lipinski definition) is 1. The molecule has 4 aromatic rings. The smallest absolute Gasteiger partial charge is 0.186 e. The van der Waals surface area contributed by atoms with E-state index >= 15 is 0 Å². The summed E-state index contributed by atoms with van der Waals surface area (Å²) >= 11 is 1.63. The molecule has 142 valence electrons. The number of fused-ring (bicyclic) bond motifs is 1. The third kappa shape index (κ3) is 3.31. The lowest BCUT2D eigenvalue weighted by Crippen LogP contribution is -2.22. The molecule has 5 rings (SSSR count). The Balaban J connectivity index is 1.26. The van der Waals surface area contributed by atoms with Crippen LogP contribution in [-0.2, 0) is 0 Å². The van der Waals surface area contributed by atoms with Crippen LogP contribution < -0.4 is 10.2 Å². The highest BCUT2D eigenvalue weighted by molar-refractivity contribution is 7.08. The van der Waals surface area contributed by atoms with Crippen LogP contribution in [0.15, 0.2) is 53.2 Å². The Bertz CT molecular complexity index is 1080. The normalized spacial score (nSPS) is 16.8. The van der Waals surface area contributed by atoms with Gasteiger partial charge < -0.3 is 10.2 Å². The van der Waals surface area contributed by atoms with E-state index in [1.807, 2.05) is 41.1 Å². The average Bonchev–Trinajstić information content (AvgIpc) is 3.46. The minimum atomic E-state index is -0.196. The molecule has 0 aliphatic carbocycles. The lowest BCUT2D eigenvalue weighted by atomic mass is 10.1. The summed E-state index contributed by atoms with van der Waals surface area (Å²) in [6, 6.07) is 12.6. The second-order valence-electron chi connectivity index (χ2n) is 6.98. The maximum Gasteiger partial charge on any atom is 0.186 e. The van der Waals surface area contributed by atoms with E-state index in [1.165, 1.54) is 12.1 Å². The fourth-order valence-electron chi connectivity index (χ4n) is 3.59. The highest BCUT2D eigenvalue weighted by Crippen LogP contribution is 2.25. The standard InChI is InChI=1S/C20H19FN6S/c21-16-1-3-17(4-2-16)26-9-7-14(12-26)11-22-18-5-6-19-23-24-20(27(19)25-18)15-8-10-28-13-15/h1-6,8,10,13-14H,7,9,11-12H2,(H,22,25). The number of aromatic nitrogens is 4. The second-order valence-corrected chi connectivity index (χ2v) is 7.76. The van der Waals surface area contributed by atoms with E-state index in [-0.39, 0.29) is 5.82 Å². The van der Waals surface area contributed by atoms with Crippen LogP contribution in [0.25, 0.3) is 17.0 Å². The van der Waals surface area contributed by atoms with Gasteiger partial charge in [0.1, 0.15) is 11.6 Å². The number of anilines is 2. The number of nitrogens with zero attached hydrogens (tertiary/aromatic N) is 5. The highest BCUT2D eigenvalue weighted by Gasteiger charge is 2.22. The van der Waals surface area contributed by atoms with Crippen molar-refractivity contribution in [1.82, 2.24) is 19.8 Å². The van der Waals surface area contributed by atoms with Crippen molar-refractivity contribution in [1.29, 1.82) is 0 Å². The Morgan fingerprint density at radius 2 is 2.00 bits per heavy atom. The van der Waals surface area contributed by atoms with Crippen LogP contribution in [0, 0.1) is 11.7 Å². The van der Waals surface area contributed by atoms with Crippen LogP contribution in [0.4, 0.5) is 15.9 Å². The number of nitrogens with one attached hydrogen (secondary N) is 1. The summed E-state index contributed by atoms with van der Waals surface area (Å²) in [5.41, 5.74) is 2.83. The van der Waals surface area contributed by atoms with Crippen molar-refractivity contribution in [3.63, 3.8) is 0 Å². The first-order valence-electron chi connectivity index (χ1n) is 9.26. The monoisotopic (exact) mass is 394 g/mol. The Labute approximate surface area is 165 Å². The topological polar surface area (TPSA) is 58.3 Å². The molecule has 0 saturated carbocycles. The molecule has 1 unspecified atom stereocenters. The number of rotatable bonds is 5. The largest absolute Gasteiger partial charge is 0.371 e. The maximum atomic E-state index is 13.1. The van der Waals surface area contributed by atoms with Gasteiger partial charge in [-0.25, -0.2) is 4.39 Å². The van der Waals surface area contributed by atoms with Crippen molar-refractivity contribution in [2.45, 2.75) is 6.42 Å². The van der Waals surface area contributed by atoms with E-state index in [2.05, 4.69) is 25.5 Å². The number of halogens is 1. The lowest BCUT2D eigenvalue weighted by molar-refractivity contribution is 0.619. The number of benzene rings is 1. The van der Waals surface area contributed by atoms with Gasteiger partial charge in [-0.1, -0.05) is 0 Å². The van der Waals surface area contributed by atoms with E-state index in [0.717, 1.165) is 54.6 Å². The van der Waals surface area contributed by atoms with Gasteiger partial charge >= 0.3 is 0 Å². The van der Waals surface area contributed by atoms with Gasteiger partial charge in [0.25, 0.3) is 0 Å². The van der Waals surface area contributed by atoms with E-state index in [9.17, 15) is 4.39 Å². The molecule has 0 spiro atoms. The number of thiophene rings is 1. The van der Waals surface area contributed by atoms with E-state index in [1.54, 1.807) is 15.9 Å². The summed E-state index contributed by atoms with van der Waals surface area (Å²) < 4.78 is 14.9. The summed E-state index contributed by atoms with van der Waals surface area (Å²) in [6.07, 6.45) is 1.10. The summed E-state index contributed by atoms with van der Waals surface area (Å²) in [7, 11) is 0. The number of hydrogen-bond acceptors (Lipinski definition) is 6. The van der Waals surface area contributed by atoms with Crippen LogP contribution in [0.3, 0.4) is 0 Å². The zero-order valence-electron chi connectivity index (χ0n) is 15.1. The van der Waals surface area contributed by atoms with Gasteiger partial charge in [0.15, 0.2) is 11.5 Å². The molecular weight excluding hydrogens is 375 g/mol. The van der Waals surface area contributed by atoms with Gasteiger partial charge in [0, 0.05) is 36.3 Å². The van der Waals surface area contributed by atoms with Crippen LogP contribution in [0.2, 0.25) is 0 Å². The van der Waals surface area contributed by atoms with Crippen molar-refractivity contribution < 1.29 is 4.39 Å². The van der Waals surface area contributed by atoms with Crippen molar-refractivity contribution in [3.8, 4) is 11.4 Å². The molecule has 0 amide bonds. The Morgan fingerprint density at radius 1 is 1.11 bits per heavy atom. The van der Waals surface area contributed by atoms with Crippen LogP contribution in [-0.4, -0.2) is 39.4 Å². The summed E-state index contributed by atoms with van der Waals surface area (Å²) in [5, 5.41) is 20.6. The van der Waals surface area contributed by atoms with Crippen molar-refractivity contribution in [3.05, 3.63) is 59.0 Å². The first kappa shape index (κ1) is 17.1. The molecule has 28 heavy (non-hydrogen) atoms. The molecule has 8 heteroatoms. The molecule has 1 atom stereocenters. The van der Waals surface area contributed by atoms with Gasteiger partial charge in [-0.05, 0) is 60.2 Å². The minimum Gasteiger partial charge on any atom is -0.371 e. The van der Waals surface area contributed by atoms with E-state index < -0.39 is 0 Å². The molecule has 1 aromatic carbocycles. The van der Waals surface area contributed by atoms with Gasteiger partial charge in [-0.3, -0.25) is 0 Å². The molecule has 1 aliphatic heterocycles. The fourth-order valence-corrected chi connectivity index (χ4v) is 4.22. The Morgan fingerprint density at radius 3 is 2.82 bits per heavy atom. The summed E-state index contributed by atoms with van der Waals surface area (Å²) in [5.74, 6) is 1.88. The van der Waals surface area contributed by atoms with Crippen molar-refractivity contribution in [2.75, 3.05) is 29.9 Å². The first-order valence-corrected chi connectivity index (χ1v) is 10.2. The molecule has 4 heterocycles. The molecule has 1 aliphatic rings. The van der Waals surface area contributed by atoms with E-state index in [4.69, 9.17) is 0 Å². The van der Waals surface area contributed by atoms with Gasteiger partial charge in [-0.15, -0.1) is 15.3 Å². The molecular formula is C20H19FN6S. The molecule has 6 nitrogen and oxygen atoms in total. The molecule has 0 bridgehead atoms. The third-order valence-electron chi connectivity index (χ3n) is 5.09. The fraction of sp³-hybridized carbons (Fsp3) is 0.250. The van der Waals surface area contributed by atoms with Crippen LogP contribution in [0.1, 0.15) is 6.42 Å².